The second-order valence-corrected chi connectivity index (χ2v) is 4.66. The summed E-state index contributed by atoms with van der Waals surface area (Å²) in [6.07, 6.45) is 3.22. The van der Waals surface area contributed by atoms with Gasteiger partial charge in [0.15, 0.2) is 5.52 Å². The number of rotatable bonds is 1. The maximum Gasteiger partial charge on any atom is 0.276 e. The van der Waals surface area contributed by atoms with Crippen LogP contribution in [0.3, 0.4) is 0 Å². The van der Waals surface area contributed by atoms with Crippen LogP contribution in [0, 0.1) is 0 Å². The zero-order chi connectivity index (χ0) is 12.8. The van der Waals surface area contributed by atoms with Crippen LogP contribution >= 0.6 is 0 Å². The van der Waals surface area contributed by atoms with Crippen molar-refractivity contribution < 1.29 is 8.78 Å². The Kier molecular flexibility index (Phi) is 2.42. The molecule has 1 N–H and O–H groups in total. The summed E-state index contributed by atoms with van der Waals surface area (Å²) in [4.78, 5) is 18.1. The van der Waals surface area contributed by atoms with Gasteiger partial charge in [0.25, 0.3) is 5.56 Å². The van der Waals surface area contributed by atoms with Crippen molar-refractivity contribution in [1.29, 1.82) is 0 Å². The molecule has 0 unspecified atom stereocenters. The van der Waals surface area contributed by atoms with Gasteiger partial charge in [-0.05, 0) is 12.8 Å². The van der Waals surface area contributed by atoms with Crippen LogP contribution in [0.4, 0.5) is 8.78 Å². The first-order valence-electron chi connectivity index (χ1n) is 5.86. The number of imidazole rings is 1. The van der Waals surface area contributed by atoms with Crippen LogP contribution in [0.2, 0.25) is 0 Å². The highest BCUT2D eigenvalue weighted by Gasteiger charge is 2.36. The van der Waals surface area contributed by atoms with E-state index >= 15 is 0 Å². The average molecular weight is 254 g/mol. The van der Waals surface area contributed by atoms with Gasteiger partial charge in [-0.3, -0.25) is 4.79 Å². The van der Waals surface area contributed by atoms with Crippen LogP contribution in [0.1, 0.15) is 37.4 Å². The van der Waals surface area contributed by atoms with Crippen LogP contribution in [-0.2, 0) is 0 Å². The fourth-order valence-electron chi connectivity index (χ4n) is 2.43. The van der Waals surface area contributed by atoms with Crippen molar-refractivity contribution in [3.05, 3.63) is 28.7 Å². The van der Waals surface area contributed by atoms with E-state index in [1.165, 1.54) is 17.0 Å². The second kappa shape index (κ2) is 3.86. The molecule has 18 heavy (non-hydrogen) atoms. The molecule has 5 nitrogen and oxygen atoms in total. The fraction of sp³-hybridized carbons (Fsp3) is 0.545. The van der Waals surface area contributed by atoms with Crippen LogP contribution in [-0.4, -0.2) is 25.5 Å². The molecule has 0 atom stereocenters. The van der Waals surface area contributed by atoms with Crippen molar-refractivity contribution in [2.45, 2.75) is 37.5 Å². The first kappa shape index (κ1) is 11.3. The van der Waals surface area contributed by atoms with Gasteiger partial charge in [-0.25, -0.2) is 18.3 Å². The van der Waals surface area contributed by atoms with E-state index in [1.54, 1.807) is 0 Å². The Morgan fingerprint density at radius 2 is 2.11 bits per heavy atom. The van der Waals surface area contributed by atoms with E-state index in [9.17, 15) is 13.6 Å². The van der Waals surface area contributed by atoms with Gasteiger partial charge in [0, 0.05) is 18.8 Å². The van der Waals surface area contributed by atoms with Crippen LogP contribution < -0.4 is 5.56 Å². The van der Waals surface area contributed by atoms with Gasteiger partial charge in [0.2, 0.25) is 5.92 Å². The molecule has 0 aliphatic heterocycles. The summed E-state index contributed by atoms with van der Waals surface area (Å²) < 4.78 is 27.7. The highest BCUT2D eigenvalue weighted by molar-refractivity contribution is 5.42. The molecule has 2 aromatic rings. The molecule has 1 fully saturated rings. The van der Waals surface area contributed by atoms with Gasteiger partial charge in [0.1, 0.15) is 12.2 Å². The summed E-state index contributed by atoms with van der Waals surface area (Å²) in [7, 11) is 0. The lowest BCUT2D eigenvalue weighted by Crippen LogP contribution is -2.25. The Morgan fingerprint density at radius 1 is 1.39 bits per heavy atom. The summed E-state index contributed by atoms with van der Waals surface area (Å²) in [6, 6.07) is 0. The highest BCUT2D eigenvalue weighted by atomic mass is 19.3. The lowest BCUT2D eigenvalue weighted by atomic mass is 9.86. The number of nitrogens with zero attached hydrogens (tertiary/aromatic N) is 3. The molecule has 0 saturated heterocycles. The number of hydrogen-bond donors (Lipinski definition) is 1. The topological polar surface area (TPSA) is 63.0 Å². The third kappa shape index (κ3) is 1.79. The van der Waals surface area contributed by atoms with E-state index in [0.29, 0.717) is 24.2 Å². The number of aromatic amines is 1. The lowest BCUT2D eigenvalue weighted by molar-refractivity contribution is -0.0388. The third-order valence-corrected chi connectivity index (χ3v) is 3.45. The zero-order valence-electron chi connectivity index (χ0n) is 9.57. The first-order valence-corrected chi connectivity index (χ1v) is 5.86. The van der Waals surface area contributed by atoms with Crippen molar-refractivity contribution in [2.24, 2.45) is 0 Å². The molecular weight excluding hydrogens is 242 g/mol. The Morgan fingerprint density at radius 3 is 2.83 bits per heavy atom. The molecule has 1 aliphatic carbocycles. The molecule has 0 bridgehead atoms. The molecular formula is C11H12F2N4O. The molecule has 0 amide bonds. The number of fused-ring (bicyclic) bond motifs is 1. The molecule has 0 radical (unpaired) electrons. The minimum absolute atomic E-state index is 0.0542. The van der Waals surface area contributed by atoms with E-state index in [0.717, 1.165) is 0 Å². The number of aromatic nitrogens is 4. The van der Waals surface area contributed by atoms with E-state index in [4.69, 9.17) is 0 Å². The summed E-state index contributed by atoms with van der Waals surface area (Å²) in [5.74, 6) is -2.01. The molecule has 7 heteroatoms. The summed E-state index contributed by atoms with van der Waals surface area (Å²) in [5.41, 5.74) is 0.0784. The maximum atomic E-state index is 13.1. The largest absolute Gasteiger partial charge is 0.310 e. The highest BCUT2D eigenvalue weighted by Crippen LogP contribution is 2.40. The Balaban J connectivity index is 1.96. The quantitative estimate of drug-likeness (QED) is 0.842. The van der Waals surface area contributed by atoms with E-state index in [2.05, 4.69) is 15.1 Å². The standard InChI is InChI=1S/C11H12F2N4O/c12-11(13)3-1-7(2-4-11)9-14-5-8-10(18)15-6-16-17(8)9/h5-7H,1-4H2,(H,15,16,18). The van der Waals surface area contributed by atoms with Crippen LogP contribution in [0.25, 0.3) is 5.52 Å². The Bertz CT molecular complexity index is 623. The summed E-state index contributed by atoms with van der Waals surface area (Å²) in [5, 5.41) is 4.02. The van der Waals surface area contributed by atoms with Gasteiger partial charge in [-0.15, -0.1) is 0 Å². The van der Waals surface area contributed by atoms with Crippen molar-refractivity contribution in [3.8, 4) is 0 Å². The van der Waals surface area contributed by atoms with Crippen molar-refractivity contribution >= 4 is 5.52 Å². The molecule has 0 spiro atoms. The normalized spacial score (nSPS) is 20.3. The molecule has 1 saturated carbocycles. The third-order valence-electron chi connectivity index (χ3n) is 3.45. The number of hydrogen-bond acceptors (Lipinski definition) is 3. The minimum Gasteiger partial charge on any atom is -0.310 e. The van der Waals surface area contributed by atoms with Crippen LogP contribution in [0.5, 0.6) is 0 Å². The van der Waals surface area contributed by atoms with E-state index in [-0.39, 0.29) is 24.3 Å². The first-order chi connectivity index (χ1) is 8.57. The second-order valence-electron chi connectivity index (χ2n) is 4.66. The SMILES string of the molecule is O=c1[nH]cnn2c(C3CCC(F)(F)CC3)ncc12. The van der Waals surface area contributed by atoms with Gasteiger partial charge < -0.3 is 4.98 Å². The molecule has 3 rings (SSSR count). The predicted octanol–water partition coefficient (Wildman–Crippen LogP) is 1.71. The number of halogens is 2. The van der Waals surface area contributed by atoms with Crippen LogP contribution in [0.15, 0.2) is 17.3 Å². The zero-order valence-corrected chi connectivity index (χ0v) is 9.57. The van der Waals surface area contributed by atoms with E-state index < -0.39 is 5.92 Å². The summed E-state index contributed by atoms with van der Waals surface area (Å²) in [6.45, 7) is 0. The van der Waals surface area contributed by atoms with E-state index in [1.807, 2.05) is 0 Å². The predicted molar refractivity (Wildman–Crippen MR) is 59.8 cm³/mol. The van der Waals surface area contributed by atoms with Gasteiger partial charge >= 0.3 is 0 Å². The number of alkyl halides is 2. The van der Waals surface area contributed by atoms with Gasteiger partial charge in [-0.2, -0.15) is 5.10 Å². The molecule has 96 valence electrons. The Hall–Kier alpha value is -1.79. The minimum atomic E-state index is -2.56. The smallest absolute Gasteiger partial charge is 0.276 e. The Labute approximate surface area is 101 Å². The van der Waals surface area contributed by atoms with Crippen molar-refractivity contribution in [3.63, 3.8) is 0 Å². The monoisotopic (exact) mass is 254 g/mol. The van der Waals surface area contributed by atoms with Gasteiger partial charge in [0.05, 0.1) is 6.20 Å². The number of nitrogens with one attached hydrogen (secondary N) is 1. The lowest BCUT2D eigenvalue weighted by Gasteiger charge is -2.27. The van der Waals surface area contributed by atoms with Crippen molar-refractivity contribution in [1.82, 2.24) is 19.6 Å². The molecule has 1 aliphatic rings. The molecule has 2 aromatic heterocycles. The molecule has 0 aromatic carbocycles. The summed E-state index contributed by atoms with van der Waals surface area (Å²) >= 11 is 0. The molecule has 2 heterocycles. The maximum absolute atomic E-state index is 13.1. The van der Waals surface area contributed by atoms with Crippen molar-refractivity contribution in [2.75, 3.05) is 0 Å². The average Bonchev–Trinajstić information content (AvgIpc) is 2.74. The van der Waals surface area contributed by atoms with Gasteiger partial charge in [-0.1, -0.05) is 0 Å². The fourth-order valence-corrected chi connectivity index (χ4v) is 2.43. The number of H-pyrrole nitrogens is 1.